The summed E-state index contributed by atoms with van der Waals surface area (Å²) in [6.45, 7) is 7.55. The molecule has 2 aromatic heterocycles. The van der Waals surface area contributed by atoms with E-state index in [1.54, 1.807) is 24.7 Å². The van der Waals surface area contributed by atoms with Crippen LogP contribution < -0.4 is 21.3 Å². The molecule has 4 amide bonds. The normalized spacial score (nSPS) is 17.2. The summed E-state index contributed by atoms with van der Waals surface area (Å²) in [6, 6.07) is 16.0. The van der Waals surface area contributed by atoms with Crippen molar-refractivity contribution in [3.63, 3.8) is 0 Å². The number of thiazole rings is 1. The molecule has 1 saturated heterocycles. The van der Waals surface area contributed by atoms with Crippen LogP contribution in [0.1, 0.15) is 66.7 Å². The molecule has 4 aromatic rings. The largest absolute Gasteiger partial charge is 0.361 e. The Morgan fingerprint density at radius 3 is 1.94 bits per heavy atom. The number of ketones is 1. The molecule has 5 atom stereocenters. The molecule has 0 aliphatic carbocycles. The summed E-state index contributed by atoms with van der Waals surface area (Å²) in [5, 5.41) is 16.9. The van der Waals surface area contributed by atoms with E-state index in [0.29, 0.717) is 24.3 Å². The van der Waals surface area contributed by atoms with Crippen LogP contribution in [0.5, 0.6) is 0 Å². The fourth-order valence-corrected chi connectivity index (χ4v) is 6.46. The number of Topliss-reactive ketones (excluding diaryl/α,β-unsaturated/α-hetero) is 1. The van der Waals surface area contributed by atoms with Crippen molar-refractivity contribution in [1.29, 1.82) is 0 Å². The van der Waals surface area contributed by atoms with Gasteiger partial charge in [0.2, 0.25) is 17.7 Å². The van der Waals surface area contributed by atoms with Crippen molar-refractivity contribution < 1.29 is 33.2 Å². The summed E-state index contributed by atoms with van der Waals surface area (Å²) in [5.41, 5.74) is 2.98. The first kappa shape index (κ1) is 39.0. The van der Waals surface area contributed by atoms with Crippen LogP contribution in [0.15, 0.2) is 82.1 Å². The van der Waals surface area contributed by atoms with Gasteiger partial charge in [-0.15, -0.1) is 11.3 Å². The van der Waals surface area contributed by atoms with Crippen molar-refractivity contribution >= 4 is 40.7 Å². The van der Waals surface area contributed by atoms with Gasteiger partial charge in [-0.3, -0.25) is 24.0 Å². The number of nitrogens with zero attached hydrogens (tertiary/aromatic N) is 2. The molecular weight excluding hydrogens is 697 g/mol. The minimum absolute atomic E-state index is 0.0167. The number of benzene rings is 2. The summed E-state index contributed by atoms with van der Waals surface area (Å²) in [4.78, 5) is 73.0. The van der Waals surface area contributed by atoms with E-state index in [-0.39, 0.29) is 43.3 Å². The molecule has 5 rings (SSSR count). The molecule has 0 unspecified atom stereocenters. The van der Waals surface area contributed by atoms with Crippen LogP contribution >= 0.6 is 11.3 Å². The van der Waals surface area contributed by atoms with Crippen LogP contribution in [0, 0.1) is 12.8 Å². The van der Waals surface area contributed by atoms with Gasteiger partial charge in [-0.1, -0.05) is 79.7 Å². The topological polar surface area (TPSA) is 185 Å². The minimum Gasteiger partial charge on any atom is -0.361 e. The maximum atomic E-state index is 14.2. The Morgan fingerprint density at radius 1 is 0.811 bits per heavy atom. The molecule has 14 heteroatoms. The van der Waals surface area contributed by atoms with Gasteiger partial charge >= 0.3 is 0 Å². The van der Waals surface area contributed by atoms with Gasteiger partial charge in [0, 0.05) is 24.3 Å². The molecule has 1 aliphatic heterocycles. The summed E-state index contributed by atoms with van der Waals surface area (Å²) in [6.07, 6.45) is 1.21. The Morgan fingerprint density at radius 2 is 1.40 bits per heavy atom. The Hall–Kier alpha value is -5.21. The first-order chi connectivity index (χ1) is 25.4. The van der Waals surface area contributed by atoms with E-state index in [0.717, 1.165) is 11.1 Å². The highest BCUT2D eigenvalue weighted by Gasteiger charge is 2.50. The molecule has 2 aromatic carbocycles. The fraction of sp³-hybridized carbons (Fsp3) is 0.410. The summed E-state index contributed by atoms with van der Waals surface area (Å²) in [7, 11) is 0. The molecule has 3 heterocycles. The molecule has 1 aliphatic rings. The lowest BCUT2D eigenvalue weighted by Gasteiger charge is -2.27. The van der Waals surface area contributed by atoms with Crippen LogP contribution in [0.25, 0.3) is 0 Å². The van der Waals surface area contributed by atoms with Crippen LogP contribution in [-0.4, -0.2) is 75.9 Å². The van der Waals surface area contributed by atoms with Crippen molar-refractivity contribution in [2.24, 2.45) is 5.92 Å². The number of nitrogens with one attached hydrogen (secondary N) is 4. The third-order valence-corrected chi connectivity index (χ3v) is 9.57. The number of aryl methyl sites for hydroxylation is 2. The molecular formula is C39H46N6O7S. The van der Waals surface area contributed by atoms with Gasteiger partial charge in [0.15, 0.2) is 11.5 Å². The number of ether oxygens (including phenoxy) is 1. The molecule has 53 heavy (non-hydrogen) atoms. The molecule has 0 radical (unpaired) electrons. The average molecular weight is 743 g/mol. The highest BCUT2D eigenvalue weighted by atomic mass is 32.1. The van der Waals surface area contributed by atoms with E-state index < -0.39 is 53.4 Å². The zero-order chi connectivity index (χ0) is 38.0. The number of carbonyl (C=O) groups excluding carboxylic acids is 5. The standard InChI is InChI=1S/C39H46N6O7S/c1-24(2)17-30(34(46)39(4)22-51-39)42-36(48)31(19-27-13-9-6-10-14-27)43-37(49)32(20-28-21-53-23-40-28)44-35(47)29(16-15-26-11-7-5-8-12-26)41-38(50)33-18-25(3)52-45-33/h5-14,18,21,23-24,29-32H,15-17,19-20,22H2,1-4H3,(H,41,50)(H,42,48)(H,43,49)(H,44,47)/t29-,30-,31-,32-,39+/m0/s1. The van der Waals surface area contributed by atoms with Crippen molar-refractivity contribution in [3.05, 3.63) is 106 Å². The van der Waals surface area contributed by atoms with Gasteiger partial charge in [0.25, 0.3) is 5.91 Å². The number of rotatable bonds is 19. The van der Waals surface area contributed by atoms with Crippen molar-refractivity contribution in [1.82, 2.24) is 31.4 Å². The molecule has 1 fully saturated rings. The van der Waals surface area contributed by atoms with Crippen molar-refractivity contribution in [3.8, 4) is 0 Å². The van der Waals surface area contributed by atoms with Gasteiger partial charge in [0.05, 0.1) is 23.9 Å². The Kier molecular flexibility index (Phi) is 13.3. The maximum absolute atomic E-state index is 14.2. The maximum Gasteiger partial charge on any atom is 0.274 e. The third kappa shape index (κ3) is 11.4. The lowest BCUT2D eigenvalue weighted by Crippen LogP contribution is -2.59. The average Bonchev–Trinajstić information content (AvgIpc) is 3.46. The monoisotopic (exact) mass is 742 g/mol. The molecule has 0 spiro atoms. The first-order valence-corrected chi connectivity index (χ1v) is 18.6. The van der Waals surface area contributed by atoms with Crippen molar-refractivity contribution in [2.75, 3.05) is 6.61 Å². The predicted molar refractivity (Wildman–Crippen MR) is 198 cm³/mol. The number of aromatic nitrogens is 2. The Balaban J connectivity index is 1.37. The summed E-state index contributed by atoms with van der Waals surface area (Å²) < 4.78 is 10.5. The van der Waals surface area contributed by atoms with Crippen LogP contribution in [-0.2, 0) is 43.2 Å². The zero-order valence-corrected chi connectivity index (χ0v) is 31.1. The Bertz CT molecular complexity index is 1840. The number of epoxide rings is 1. The molecule has 0 saturated carbocycles. The van der Waals surface area contributed by atoms with Crippen LogP contribution in [0.3, 0.4) is 0 Å². The lowest BCUT2D eigenvalue weighted by atomic mass is 9.93. The van der Waals surface area contributed by atoms with Crippen LogP contribution in [0.2, 0.25) is 0 Å². The van der Waals surface area contributed by atoms with Crippen LogP contribution in [0.4, 0.5) is 0 Å². The number of amides is 4. The molecule has 13 nitrogen and oxygen atoms in total. The lowest BCUT2D eigenvalue weighted by molar-refractivity contribution is -0.134. The zero-order valence-electron chi connectivity index (χ0n) is 30.3. The predicted octanol–water partition coefficient (Wildman–Crippen LogP) is 3.51. The van der Waals surface area contributed by atoms with Crippen molar-refractivity contribution in [2.45, 2.75) is 89.6 Å². The Labute approximate surface area is 312 Å². The fourth-order valence-electron chi connectivity index (χ4n) is 5.88. The first-order valence-electron chi connectivity index (χ1n) is 17.7. The number of hydrogen-bond acceptors (Lipinski definition) is 10. The van der Waals surface area contributed by atoms with E-state index in [1.165, 1.54) is 17.4 Å². The van der Waals surface area contributed by atoms with Gasteiger partial charge in [-0.05, 0) is 50.2 Å². The quantitative estimate of drug-likeness (QED) is 0.104. The van der Waals surface area contributed by atoms with Gasteiger partial charge < -0.3 is 30.5 Å². The van der Waals surface area contributed by atoms with E-state index in [2.05, 4.69) is 31.4 Å². The number of carbonyl (C=O) groups is 5. The van der Waals surface area contributed by atoms with Gasteiger partial charge in [-0.2, -0.15) is 0 Å². The van der Waals surface area contributed by atoms with E-state index in [9.17, 15) is 24.0 Å². The second kappa shape index (κ2) is 18.0. The molecule has 4 N–H and O–H groups in total. The van der Waals surface area contributed by atoms with E-state index in [4.69, 9.17) is 9.26 Å². The molecule has 0 bridgehead atoms. The number of hydrogen-bond donors (Lipinski definition) is 4. The SMILES string of the molecule is Cc1cc(C(=O)N[C@@H](CCc2ccccc2)C(=O)N[C@@H](Cc2cscn2)C(=O)N[C@@H](Cc2ccccc2)C(=O)N[C@@H](CC(C)C)C(=O)[C@@]2(C)CO2)no1. The smallest absolute Gasteiger partial charge is 0.274 e. The second-order valence-electron chi connectivity index (χ2n) is 13.9. The van der Waals surface area contributed by atoms with E-state index >= 15 is 0 Å². The van der Waals surface area contributed by atoms with E-state index in [1.807, 2.05) is 74.5 Å². The second-order valence-corrected chi connectivity index (χ2v) is 14.7. The summed E-state index contributed by atoms with van der Waals surface area (Å²) in [5.74, 6) is -2.07. The molecule has 280 valence electrons. The highest BCUT2D eigenvalue weighted by Crippen LogP contribution is 2.29. The minimum atomic E-state index is -1.17. The van der Waals surface area contributed by atoms with Gasteiger partial charge in [-0.25, -0.2) is 4.98 Å². The highest BCUT2D eigenvalue weighted by molar-refractivity contribution is 7.07. The van der Waals surface area contributed by atoms with Gasteiger partial charge in [0.1, 0.15) is 29.5 Å². The summed E-state index contributed by atoms with van der Waals surface area (Å²) >= 11 is 1.34. The third-order valence-electron chi connectivity index (χ3n) is 8.93.